The number of anilines is 1. The third kappa shape index (κ3) is 3.48. The Morgan fingerprint density at radius 2 is 2.14 bits per heavy atom. The molecule has 0 saturated carbocycles. The molecule has 0 bridgehead atoms. The van der Waals surface area contributed by atoms with Crippen molar-refractivity contribution in [3.63, 3.8) is 0 Å². The number of hydrogen-bond acceptors (Lipinski definition) is 5. The highest BCUT2D eigenvalue weighted by Crippen LogP contribution is 2.20. The first-order valence-corrected chi connectivity index (χ1v) is 8.70. The first-order valence-electron chi connectivity index (χ1n) is 6.97. The molecule has 2 heterocycles. The molecule has 114 valence electrons. The van der Waals surface area contributed by atoms with E-state index >= 15 is 0 Å². The summed E-state index contributed by atoms with van der Waals surface area (Å²) in [6.45, 7) is 1.19. The smallest absolute Gasteiger partial charge is 0.151 e. The maximum Gasteiger partial charge on any atom is 0.151 e. The third-order valence-electron chi connectivity index (χ3n) is 3.21. The fourth-order valence-electron chi connectivity index (χ4n) is 2.19. The van der Waals surface area contributed by atoms with E-state index in [1.54, 1.807) is 18.8 Å². The van der Waals surface area contributed by atoms with Crippen LogP contribution >= 0.6 is 0 Å². The second kappa shape index (κ2) is 6.65. The molecule has 22 heavy (non-hydrogen) atoms. The van der Waals surface area contributed by atoms with Crippen LogP contribution in [0.25, 0.3) is 10.9 Å². The highest BCUT2D eigenvalue weighted by atomic mass is 32.2. The maximum atomic E-state index is 11.2. The van der Waals surface area contributed by atoms with Crippen LogP contribution in [0.1, 0.15) is 5.82 Å². The Hall–Kier alpha value is -2.28. The number of hydrogen-bond donors (Lipinski definition) is 1. The Labute approximate surface area is 131 Å². The van der Waals surface area contributed by atoms with E-state index in [-0.39, 0.29) is 0 Å². The van der Waals surface area contributed by atoms with Crippen LogP contribution in [0, 0.1) is 0 Å². The van der Waals surface area contributed by atoms with Crippen molar-refractivity contribution in [2.24, 2.45) is 0 Å². The van der Waals surface area contributed by atoms with Gasteiger partial charge in [0, 0.05) is 47.1 Å². The van der Waals surface area contributed by atoms with E-state index in [2.05, 4.69) is 20.3 Å². The van der Waals surface area contributed by atoms with Crippen molar-refractivity contribution in [3.05, 3.63) is 48.8 Å². The van der Waals surface area contributed by atoms with Crippen molar-refractivity contribution < 1.29 is 4.21 Å². The number of rotatable bonds is 6. The van der Waals surface area contributed by atoms with Crippen LogP contribution in [0.15, 0.2) is 43.0 Å². The van der Waals surface area contributed by atoms with Gasteiger partial charge in [0.2, 0.25) is 0 Å². The van der Waals surface area contributed by atoms with Crippen LogP contribution in [0.4, 0.5) is 5.82 Å². The summed E-state index contributed by atoms with van der Waals surface area (Å²) in [6, 6.07) is 7.88. The molecule has 2 aromatic heterocycles. The predicted molar refractivity (Wildman–Crippen MR) is 88.3 cm³/mol. The van der Waals surface area contributed by atoms with Crippen molar-refractivity contribution >= 4 is 27.5 Å². The van der Waals surface area contributed by atoms with Crippen LogP contribution in [0.5, 0.6) is 0 Å². The van der Waals surface area contributed by atoms with E-state index in [1.807, 2.05) is 35.0 Å². The standard InChI is InChI=1S/C15H17N5OS/c1-22(21)9-7-17-15-12-4-2-3-5-13(12)18-14(19-15)10-20-8-6-16-11-20/h2-6,8,11H,7,9-10H2,1H3,(H,17,18,19). The molecule has 0 aliphatic rings. The summed E-state index contributed by atoms with van der Waals surface area (Å²) in [5.41, 5.74) is 0.896. The molecule has 3 aromatic rings. The van der Waals surface area contributed by atoms with Gasteiger partial charge in [0.1, 0.15) is 5.82 Å². The topological polar surface area (TPSA) is 72.7 Å². The van der Waals surface area contributed by atoms with Gasteiger partial charge in [0.15, 0.2) is 5.82 Å². The fourth-order valence-corrected chi connectivity index (χ4v) is 2.58. The van der Waals surface area contributed by atoms with Crippen LogP contribution in [-0.2, 0) is 17.3 Å². The average molecular weight is 315 g/mol. The van der Waals surface area contributed by atoms with Crippen molar-refractivity contribution in [2.75, 3.05) is 23.9 Å². The number of benzene rings is 1. The molecule has 0 aliphatic carbocycles. The Morgan fingerprint density at radius 3 is 2.91 bits per heavy atom. The summed E-state index contributed by atoms with van der Waals surface area (Å²) in [5, 5.41) is 4.24. The van der Waals surface area contributed by atoms with Crippen LogP contribution in [0.3, 0.4) is 0 Å². The number of nitrogens with one attached hydrogen (secondary N) is 1. The first kappa shape index (κ1) is 14.6. The number of nitrogens with zero attached hydrogens (tertiary/aromatic N) is 4. The van der Waals surface area contributed by atoms with Gasteiger partial charge < -0.3 is 9.88 Å². The summed E-state index contributed by atoms with van der Waals surface area (Å²) in [6.07, 6.45) is 7.05. The molecule has 6 nitrogen and oxygen atoms in total. The van der Waals surface area contributed by atoms with E-state index in [4.69, 9.17) is 0 Å². The lowest BCUT2D eigenvalue weighted by atomic mass is 10.2. The Bertz CT molecular complexity index is 788. The number of imidazole rings is 1. The summed E-state index contributed by atoms with van der Waals surface area (Å²) < 4.78 is 13.1. The van der Waals surface area contributed by atoms with Gasteiger partial charge in [-0.3, -0.25) is 4.21 Å². The van der Waals surface area contributed by atoms with Crippen LogP contribution in [-0.4, -0.2) is 42.3 Å². The molecule has 1 unspecified atom stereocenters. The molecule has 0 fully saturated rings. The number of fused-ring (bicyclic) bond motifs is 1. The quantitative estimate of drug-likeness (QED) is 0.749. The summed E-state index contributed by atoms with van der Waals surface area (Å²) in [4.78, 5) is 13.2. The lowest BCUT2D eigenvalue weighted by Crippen LogP contribution is -2.13. The summed E-state index contributed by atoms with van der Waals surface area (Å²) in [7, 11) is -0.823. The maximum absolute atomic E-state index is 11.2. The molecule has 7 heteroatoms. The molecule has 1 N–H and O–H groups in total. The minimum absolute atomic E-state index is 0.569. The van der Waals surface area contributed by atoms with Crippen molar-refractivity contribution in [1.82, 2.24) is 19.5 Å². The zero-order valence-corrected chi connectivity index (χ0v) is 13.1. The highest BCUT2D eigenvalue weighted by molar-refractivity contribution is 7.84. The van der Waals surface area contributed by atoms with Crippen molar-refractivity contribution in [2.45, 2.75) is 6.54 Å². The van der Waals surface area contributed by atoms with Gasteiger partial charge in [0.05, 0.1) is 18.4 Å². The average Bonchev–Trinajstić information content (AvgIpc) is 3.00. The van der Waals surface area contributed by atoms with Gasteiger partial charge in [-0.1, -0.05) is 12.1 Å². The Morgan fingerprint density at radius 1 is 1.27 bits per heavy atom. The minimum Gasteiger partial charge on any atom is -0.369 e. The molecule has 0 radical (unpaired) electrons. The van der Waals surface area contributed by atoms with Crippen molar-refractivity contribution in [3.8, 4) is 0 Å². The SMILES string of the molecule is CS(=O)CCNc1nc(Cn2ccnc2)nc2ccccc12. The second-order valence-electron chi connectivity index (χ2n) is 4.94. The second-order valence-corrected chi connectivity index (χ2v) is 6.50. The summed E-state index contributed by atoms with van der Waals surface area (Å²) in [5.74, 6) is 2.10. The molecular formula is C15H17N5OS. The Kier molecular flexibility index (Phi) is 4.43. The zero-order chi connectivity index (χ0) is 15.4. The molecule has 1 aromatic carbocycles. The van der Waals surface area contributed by atoms with Crippen LogP contribution < -0.4 is 5.32 Å². The molecule has 0 saturated heterocycles. The predicted octanol–water partition coefficient (Wildman–Crippen LogP) is 1.66. The minimum atomic E-state index is -0.823. The van der Waals surface area contributed by atoms with E-state index in [1.165, 1.54) is 0 Å². The third-order valence-corrected chi connectivity index (χ3v) is 3.99. The molecule has 0 aliphatic heterocycles. The van der Waals surface area contributed by atoms with Gasteiger partial charge in [-0.25, -0.2) is 15.0 Å². The summed E-state index contributed by atoms with van der Waals surface area (Å²) >= 11 is 0. The van der Waals surface area contributed by atoms with E-state index < -0.39 is 10.8 Å². The fraction of sp³-hybridized carbons (Fsp3) is 0.267. The van der Waals surface area contributed by atoms with Gasteiger partial charge in [-0.05, 0) is 12.1 Å². The van der Waals surface area contributed by atoms with E-state index in [0.717, 1.165) is 22.5 Å². The lowest BCUT2D eigenvalue weighted by Gasteiger charge is -2.10. The monoisotopic (exact) mass is 315 g/mol. The molecule has 0 amide bonds. The van der Waals surface area contributed by atoms with Crippen LogP contribution in [0.2, 0.25) is 0 Å². The molecule has 3 rings (SSSR count). The number of para-hydroxylation sites is 1. The van der Waals surface area contributed by atoms with Crippen molar-refractivity contribution in [1.29, 1.82) is 0 Å². The molecule has 1 atom stereocenters. The molecule has 0 spiro atoms. The van der Waals surface area contributed by atoms with Gasteiger partial charge in [0.25, 0.3) is 0 Å². The number of aromatic nitrogens is 4. The highest BCUT2D eigenvalue weighted by Gasteiger charge is 2.08. The van der Waals surface area contributed by atoms with Gasteiger partial charge >= 0.3 is 0 Å². The van der Waals surface area contributed by atoms with Gasteiger partial charge in [-0.2, -0.15) is 0 Å². The largest absolute Gasteiger partial charge is 0.369 e. The molecular weight excluding hydrogens is 298 g/mol. The zero-order valence-electron chi connectivity index (χ0n) is 12.3. The Balaban J connectivity index is 1.91. The van der Waals surface area contributed by atoms with E-state index in [0.29, 0.717) is 18.8 Å². The first-order chi connectivity index (χ1) is 10.7. The van der Waals surface area contributed by atoms with Gasteiger partial charge in [-0.15, -0.1) is 0 Å². The lowest BCUT2D eigenvalue weighted by molar-refractivity contribution is 0.687. The normalized spacial score (nSPS) is 12.4. The van der Waals surface area contributed by atoms with E-state index in [9.17, 15) is 4.21 Å².